The molecule has 2 rings (SSSR count). The Morgan fingerprint density at radius 1 is 0.943 bits per heavy atom. The first-order valence-electron chi connectivity index (χ1n) is 11.7. The van der Waals surface area contributed by atoms with Gasteiger partial charge in [-0.05, 0) is 82.1 Å². The molecular formula is C25H37N4O5P. The van der Waals surface area contributed by atoms with Crippen LogP contribution in [0.25, 0.3) is 0 Å². The summed E-state index contributed by atoms with van der Waals surface area (Å²) in [7, 11) is -0.0605. The highest BCUT2D eigenvalue weighted by Gasteiger charge is 2.28. The minimum atomic E-state index is -4.02. The molecule has 0 bridgehead atoms. The molecule has 0 aromatic heterocycles. The second-order valence-corrected chi connectivity index (χ2v) is 10.7. The van der Waals surface area contributed by atoms with Crippen molar-refractivity contribution in [3.63, 3.8) is 0 Å². The molecule has 1 unspecified atom stereocenters. The van der Waals surface area contributed by atoms with Crippen molar-refractivity contribution >= 4 is 30.8 Å². The van der Waals surface area contributed by atoms with Crippen molar-refractivity contribution in [3.05, 3.63) is 54.1 Å². The van der Waals surface area contributed by atoms with Gasteiger partial charge in [0, 0.05) is 31.9 Å². The molecule has 192 valence electrons. The second-order valence-electron chi connectivity index (χ2n) is 9.33. The van der Waals surface area contributed by atoms with E-state index in [4.69, 9.17) is 9.05 Å². The van der Waals surface area contributed by atoms with Crippen LogP contribution < -0.4 is 10.2 Å². The summed E-state index contributed by atoms with van der Waals surface area (Å²) in [6.07, 6.45) is 3.14. The van der Waals surface area contributed by atoms with E-state index in [9.17, 15) is 14.3 Å². The van der Waals surface area contributed by atoms with Gasteiger partial charge in [-0.1, -0.05) is 12.8 Å². The SMILES string of the molecule is CN(C)c1ccc(N=Nc2ccc(C(=O)NCCCCCCOP(=O)(O)OC(C)(C)C)cc2)cc1. The van der Waals surface area contributed by atoms with Gasteiger partial charge in [-0.15, -0.1) is 0 Å². The van der Waals surface area contributed by atoms with Gasteiger partial charge >= 0.3 is 7.82 Å². The number of benzene rings is 2. The molecule has 10 heteroatoms. The molecule has 0 heterocycles. The number of phosphoric ester groups is 1. The van der Waals surface area contributed by atoms with E-state index in [0.29, 0.717) is 24.2 Å². The summed E-state index contributed by atoms with van der Waals surface area (Å²) in [5, 5.41) is 11.4. The Labute approximate surface area is 208 Å². The average molecular weight is 505 g/mol. The molecule has 2 aromatic carbocycles. The van der Waals surface area contributed by atoms with Crippen LogP contribution in [0.5, 0.6) is 0 Å². The third kappa shape index (κ3) is 11.6. The van der Waals surface area contributed by atoms with Crippen LogP contribution in [-0.2, 0) is 13.6 Å². The van der Waals surface area contributed by atoms with Crippen LogP contribution in [0.4, 0.5) is 17.1 Å². The van der Waals surface area contributed by atoms with Crippen LogP contribution in [0.1, 0.15) is 56.8 Å². The summed E-state index contributed by atoms with van der Waals surface area (Å²) >= 11 is 0. The second kappa shape index (κ2) is 13.5. The van der Waals surface area contributed by atoms with Gasteiger partial charge in [0.25, 0.3) is 5.91 Å². The summed E-state index contributed by atoms with van der Waals surface area (Å²) in [5.41, 5.74) is 2.33. The first-order valence-corrected chi connectivity index (χ1v) is 13.2. The quantitative estimate of drug-likeness (QED) is 0.186. The Bertz CT molecular complexity index is 1000. The summed E-state index contributed by atoms with van der Waals surface area (Å²) in [5.74, 6) is -0.142. The summed E-state index contributed by atoms with van der Waals surface area (Å²) in [4.78, 5) is 24.0. The van der Waals surface area contributed by atoms with Gasteiger partial charge in [0.15, 0.2) is 0 Å². The molecule has 0 aliphatic heterocycles. The van der Waals surface area contributed by atoms with Crippen LogP contribution in [0, 0.1) is 0 Å². The first kappa shape index (κ1) is 28.7. The Balaban J connectivity index is 1.64. The highest BCUT2D eigenvalue weighted by Crippen LogP contribution is 2.47. The lowest BCUT2D eigenvalue weighted by atomic mass is 10.2. The monoisotopic (exact) mass is 504 g/mol. The molecule has 1 atom stereocenters. The smallest absolute Gasteiger partial charge is 0.378 e. The molecule has 35 heavy (non-hydrogen) atoms. The molecule has 2 aromatic rings. The molecule has 2 N–H and O–H groups in total. The number of hydrogen-bond donors (Lipinski definition) is 2. The van der Waals surface area contributed by atoms with Crippen molar-refractivity contribution in [2.75, 3.05) is 32.1 Å². The van der Waals surface area contributed by atoms with E-state index in [1.807, 2.05) is 43.3 Å². The van der Waals surface area contributed by atoms with Crippen LogP contribution in [0.2, 0.25) is 0 Å². The van der Waals surface area contributed by atoms with Crippen LogP contribution >= 0.6 is 7.82 Å². The lowest BCUT2D eigenvalue weighted by Crippen LogP contribution is -2.24. The van der Waals surface area contributed by atoms with Crippen LogP contribution in [0.3, 0.4) is 0 Å². The van der Waals surface area contributed by atoms with Crippen molar-refractivity contribution in [1.82, 2.24) is 5.32 Å². The molecule has 0 radical (unpaired) electrons. The number of carbonyl (C=O) groups is 1. The van der Waals surface area contributed by atoms with E-state index in [1.165, 1.54) is 0 Å². The highest BCUT2D eigenvalue weighted by molar-refractivity contribution is 7.47. The molecule has 1 amide bonds. The Morgan fingerprint density at radius 3 is 2.03 bits per heavy atom. The zero-order valence-electron chi connectivity index (χ0n) is 21.2. The van der Waals surface area contributed by atoms with E-state index in [-0.39, 0.29) is 12.5 Å². The number of azo groups is 1. The largest absolute Gasteiger partial charge is 0.472 e. The van der Waals surface area contributed by atoms with Crippen molar-refractivity contribution < 1.29 is 23.3 Å². The van der Waals surface area contributed by atoms with E-state index in [1.54, 1.807) is 45.0 Å². The Hall–Kier alpha value is -2.58. The number of nitrogens with zero attached hydrogens (tertiary/aromatic N) is 3. The number of anilines is 1. The highest BCUT2D eigenvalue weighted by atomic mass is 31.2. The fourth-order valence-electron chi connectivity index (χ4n) is 3.05. The maximum Gasteiger partial charge on any atom is 0.472 e. The molecule has 0 spiro atoms. The minimum absolute atomic E-state index is 0.142. The number of phosphoric acid groups is 1. The number of rotatable bonds is 13. The zero-order valence-corrected chi connectivity index (χ0v) is 22.1. The van der Waals surface area contributed by atoms with E-state index in [2.05, 4.69) is 15.5 Å². The molecule has 0 saturated carbocycles. The lowest BCUT2D eigenvalue weighted by Gasteiger charge is -2.22. The maximum atomic E-state index is 12.3. The van der Waals surface area contributed by atoms with Gasteiger partial charge in [-0.3, -0.25) is 13.8 Å². The Kier molecular flexibility index (Phi) is 11.0. The van der Waals surface area contributed by atoms with Gasteiger partial charge in [0.2, 0.25) is 0 Å². The molecule has 0 aliphatic carbocycles. The first-order chi connectivity index (χ1) is 16.5. The van der Waals surface area contributed by atoms with Gasteiger partial charge in [-0.25, -0.2) is 4.57 Å². The van der Waals surface area contributed by atoms with Crippen LogP contribution in [-0.4, -0.2) is 43.6 Å². The maximum absolute atomic E-state index is 12.3. The van der Waals surface area contributed by atoms with Crippen molar-refractivity contribution in [3.8, 4) is 0 Å². The Morgan fingerprint density at radius 2 is 1.49 bits per heavy atom. The van der Waals surface area contributed by atoms with Gasteiger partial charge < -0.3 is 15.1 Å². The van der Waals surface area contributed by atoms with E-state index >= 15 is 0 Å². The lowest BCUT2D eigenvalue weighted by molar-refractivity contribution is 0.0610. The summed E-state index contributed by atoms with van der Waals surface area (Å²) in [6.45, 7) is 5.79. The predicted molar refractivity (Wildman–Crippen MR) is 139 cm³/mol. The fourth-order valence-corrected chi connectivity index (χ4v) is 4.15. The minimum Gasteiger partial charge on any atom is -0.378 e. The van der Waals surface area contributed by atoms with Gasteiger partial charge in [0.1, 0.15) is 0 Å². The summed E-state index contributed by atoms with van der Waals surface area (Å²) < 4.78 is 21.8. The molecule has 0 saturated heterocycles. The number of amides is 1. The topological polar surface area (TPSA) is 113 Å². The molecular weight excluding hydrogens is 467 g/mol. The third-order valence-corrected chi connectivity index (χ3v) is 6.06. The predicted octanol–water partition coefficient (Wildman–Crippen LogP) is 6.39. The van der Waals surface area contributed by atoms with E-state index in [0.717, 1.165) is 30.6 Å². The fraction of sp³-hybridized carbons (Fsp3) is 0.480. The van der Waals surface area contributed by atoms with Crippen molar-refractivity contribution in [1.29, 1.82) is 0 Å². The standard InChI is InChI=1S/C25H37N4O5P/c1-25(2,3)34-35(31,32)33-19-9-7-6-8-18-26-24(30)20-10-12-21(13-11-20)27-28-22-14-16-23(17-15-22)29(4)5/h10-17H,6-9,18-19H2,1-5H3,(H,26,30)(H,31,32). The normalized spacial score (nSPS) is 13.5. The van der Waals surface area contributed by atoms with Gasteiger partial charge in [-0.2, -0.15) is 10.2 Å². The number of hydrogen-bond acceptors (Lipinski definition) is 7. The number of carbonyl (C=O) groups excluding carboxylic acids is 1. The van der Waals surface area contributed by atoms with Crippen molar-refractivity contribution in [2.24, 2.45) is 10.2 Å². The zero-order chi connectivity index (χ0) is 25.9. The summed E-state index contributed by atoms with van der Waals surface area (Å²) in [6, 6.07) is 14.7. The number of nitrogens with one attached hydrogen (secondary N) is 1. The average Bonchev–Trinajstić information content (AvgIpc) is 2.78. The molecule has 0 aliphatic rings. The number of unbranched alkanes of at least 4 members (excludes halogenated alkanes) is 3. The van der Waals surface area contributed by atoms with Gasteiger partial charge in [0.05, 0.1) is 23.6 Å². The van der Waals surface area contributed by atoms with E-state index < -0.39 is 13.4 Å². The molecule has 9 nitrogen and oxygen atoms in total. The molecule has 0 fully saturated rings. The third-order valence-electron chi connectivity index (χ3n) is 4.78. The van der Waals surface area contributed by atoms with Crippen LogP contribution in [0.15, 0.2) is 58.8 Å². The van der Waals surface area contributed by atoms with Crippen molar-refractivity contribution in [2.45, 2.75) is 52.1 Å².